The standard InChI is InChI=1S/C8H14N2S/c1-10(4-5-11)7-8-2-3-9-6-8/h2-3,6,9,11H,4-5,7H2,1H3. The molecule has 0 aromatic carbocycles. The molecule has 1 aromatic heterocycles. The van der Waals surface area contributed by atoms with Crippen molar-refractivity contribution in [2.45, 2.75) is 6.54 Å². The highest BCUT2D eigenvalue weighted by molar-refractivity contribution is 7.80. The van der Waals surface area contributed by atoms with E-state index in [4.69, 9.17) is 0 Å². The van der Waals surface area contributed by atoms with E-state index in [1.165, 1.54) is 5.56 Å². The highest BCUT2D eigenvalue weighted by Crippen LogP contribution is 2.00. The van der Waals surface area contributed by atoms with E-state index in [-0.39, 0.29) is 0 Å². The lowest BCUT2D eigenvalue weighted by atomic mass is 10.3. The van der Waals surface area contributed by atoms with E-state index < -0.39 is 0 Å². The molecule has 0 unspecified atom stereocenters. The largest absolute Gasteiger partial charge is 0.367 e. The molecule has 1 aromatic rings. The predicted octanol–water partition coefficient (Wildman–Crippen LogP) is 1.38. The summed E-state index contributed by atoms with van der Waals surface area (Å²) in [5.74, 6) is 0.918. The van der Waals surface area contributed by atoms with Gasteiger partial charge in [-0.3, -0.25) is 0 Å². The first-order chi connectivity index (χ1) is 5.33. The first kappa shape index (κ1) is 8.68. The van der Waals surface area contributed by atoms with Crippen LogP contribution in [0.5, 0.6) is 0 Å². The van der Waals surface area contributed by atoms with Gasteiger partial charge >= 0.3 is 0 Å². The topological polar surface area (TPSA) is 19.0 Å². The average molecular weight is 170 g/mol. The van der Waals surface area contributed by atoms with E-state index >= 15 is 0 Å². The Hall–Kier alpha value is -0.410. The van der Waals surface area contributed by atoms with Crippen LogP contribution in [-0.2, 0) is 6.54 Å². The van der Waals surface area contributed by atoms with Crippen molar-refractivity contribution in [1.82, 2.24) is 9.88 Å². The Morgan fingerprint density at radius 3 is 3.00 bits per heavy atom. The number of H-pyrrole nitrogens is 1. The molecule has 0 fully saturated rings. The van der Waals surface area contributed by atoms with Crippen LogP contribution in [-0.4, -0.2) is 29.2 Å². The summed E-state index contributed by atoms with van der Waals surface area (Å²) in [4.78, 5) is 5.28. The lowest BCUT2D eigenvalue weighted by Gasteiger charge is -2.13. The Morgan fingerprint density at radius 2 is 2.45 bits per heavy atom. The second-order valence-corrected chi connectivity index (χ2v) is 3.13. The molecule has 1 heterocycles. The second kappa shape index (κ2) is 4.46. The fourth-order valence-corrected chi connectivity index (χ4v) is 1.36. The zero-order valence-corrected chi connectivity index (χ0v) is 7.64. The highest BCUT2D eigenvalue weighted by atomic mass is 32.1. The summed E-state index contributed by atoms with van der Waals surface area (Å²) in [7, 11) is 2.10. The summed E-state index contributed by atoms with van der Waals surface area (Å²) in [5.41, 5.74) is 1.33. The quantitative estimate of drug-likeness (QED) is 0.654. The van der Waals surface area contributed by atoms with Crippen molar-refractivity contribution < 1.29 is 0 Å². The molecule has 3 heteroatoms. The summed E-state index contributed by atoms with van der Waals surface area (Å²) in [6, 6.07) is 2.09. The summed E-state index contributed by atoms with van der Waals surface area (Å²) in [5, 5.41) is 0. The molecule has 0 spiro atoms. The van der Waals surface area contributed by atoms with Gasteiger partial charge in [-0.05, 0) is 18.7 Å². The molecule has 0 radical (unpaired) electrons. The molecule has 11 heavy (non-hydrogen) atoms. The molecule has 0 saturated carbocycles. The first-order valence-corrected chi connectivity index (χ1v) is 4.37. The van der Waals surface area contributed by atoms with E-state index in [9.17, 15) is 0 Å². The normalized spacial score (nSPS) is 10.8. The van der Waals surface area contributed by atoms with Crippen molar-refractivity contribution in [1.29, 1.82) is 0 Å². The maximum absolute atomic E-state index is 4.16. The van der Waals surface area contributed by atoms with E-state index in [0.717, 1.165) is 18.8 Å². The maximum atomic E-state index is 4.16. The van der Waals surface area contributed by atoms with Crippen LogP contribution in [0.25, 0.3) is 0 Å². The van der Waals surface area contributed by atoms with Crippen LogP contribution < -0.4 is 0 Å². The van der Waals surface area contributed by atoms with Crippen LogP contribution in [0.15, 0.2) is 18.5 Å². The van der Waals surface area contributed by atoms with E-state index in [1.54, 1.807) is 0 Å². The van der Waals surface area contributed by atoms with Gasteiger partial charge in [0.15, 0.2) is 0 Å². The molecule has 1 N–H and O–H groups in total. The fourth-order valence-electron chi connectivity index (χ4n) is 1.02. The number of aromatic amines is 1. The molecule has 62 valence electrons. The number of hydrogen-bond acceptors (Lipinski definition) is 2. The maximum Gasteiger partial charge on any atom is 0.0245 e. The van der Waals surface area contributed by atoms with Gasteiger partial charge in [-0.2, -0.15) is 12.6 Å². The molecular weight excluding hydrogens is 156 g/mol. The van der Waals surface area contributed by atoms with Crippen LogP contribution in [0.2, 0.25) is 0 Å². The van der Waals surface area contributed by atoms with Gasteiger partial charge in [0.1, 0.15) is 0 Å². The van der Waals surface area contributed by atoms with Crippen molar-refractivity contribution in [2.24, 2.45) is 0 Å². The number of thiol groups is 1. The zero-order valence-electron chi connectivity index (χ0n) is 6.75. The molecule has 1 rings (SSSR count). The van der Waals surface area contributed by atoms with Gasteiger partial charge in [-0.15, -0.1) is 0 Å². The molecule has 0 aliphatic carbocycles. The molecule has 2 nitrogen and oxygen atoms in total. The third-order valence-electron chi connectivity index (χ3n) is 1.60. The number of hydrogen-bond donors (Lipinski definition) is 2. The van der Waals surface area contributed by atoms with E-state index in [2.05, 4.69) is 35.6 Å². The molecule has 0 atom stereocenters. The highest BCUT2D eigenvalue weighted by Gasteiger charge is 1.97. The Balaban J connectivity index is 2.31. The van der Waals surface area contributed by atoms with Crippen LogP contribution in [0.1, 0.15) is 5.56 Å². The Labute approximate surface area is 73.0 Å². The van der Waals surface area contributed by atoms with Crippen molar-refractivity contribution in [3.8, 4) is 0 Å². The SMILES string of the molecule is CN(CCS)Cc1cc[nH]c1. The van der Waals surface area contributed by atoms with Gasteiger partial charge in [-0.25, -0.2) is 0 Å². The number of nitrogens with one attached hydrogen (secondary N) is 1. The van der Waals surface area contributed by atoms with Gasteiger partial charge in [0.25, 0.3) is 0 Å². The molecule has 0 bridgehead atoms. The van der Waals surface area contributed by atoms with Crippen LogP contribution in [0.3, 0.4) is 0 Å². The van der Waals surface area contributed by atoms with Crippen LogP contribution in [0.4, 0.5) is 0 Å². The number of nitrogens with zero attached hydrogens (tertiary/aromatic N) is 1. The monoisotopic (exact) mass is 170 g/mol. The van der Waals surface area contributed by atoms with Crippen molar-refractivity contribution in [3.63, 3.8) is 0 Å². The first-order valence-electron chi connectivity index (χ1n) is 3.74. The average Bonchev–Trinajstić information content (AvgIpc) is 2.40. The molecule has 0 aliphatic heterocycles. The molecule has 0 saturated heterocycles. The Morgan fingerprint density at radius 1 is 1.64 bits per heavy atom. The van der Waals surface area contributed by atoms with Gasteiger partial charge in [0.05, 0.1) is 0 Å². The van der Waals surface area contributed by atoms with Crippen molar-refractivity contribution in [3.05, 3.63) is 24.0 Å². The fraction of sp³-hybridized carbons (Fsp3) is 0.500. The molecule has 0 aliphatic rings. The minimum Gasteiger partial charge on any atom is -0.367 e. The smallest absolute Gasteiger partial charge is 0.0245 e. The molecular formula is C8H14N2S. The van der Waals surface area contributed by atoms with Crippen LogP contribution in [0, 0.1) is 0 Å². The Bertz CT molecular complexity index is 184. The zero-order chi connectivity index (χ0) is 8.10. The number of rotatable bonds is 4. The summed E-state index contributed by atoms with van der Waals surface area (Å²) in [6.07, 6.45) is 3.97. The van der Waals surface area contributed by atoms with Gasteiger partial charge in [-0.1, -0.05) is 0 Å². The van der Waals surface area contributed by atoms with Crippen molar-refractivity contribution in [2.75, 3.05) is 19.3 Å². The van der Waals surface area contributed by atoms with Gasteiger partial charge < -0.3 is 9.88 Å². The third-order valence-corrected chi connectivity index (χ3v) is 1.80. The summed E-state index contributed by atoms with van der Waals surface area (Å²) >= 11 is 4.16. The minimum atomic E-state index is 0.918. The van der Waals surface area contributed by atoms with E-state index in [0.29, 0.717) is 0 Å². The summed E-state index contributed by atoms with van der Waals surface area (Å²) in [6.45, 7) is 2.04. The van der Waals surface area contributed by atoms with Crippen LogP contribution >= 0.6 is 12.6 Å². The Kier molecular flexibility index (Phi) is 3.52. The summed E-state index contributed by atoms with van der Waals surface area (Å²) < 4.78 is 0. The number of aromatic nitrogens is 1. The molecule has 0 amide bonds. The lowest BCUT2D eigenvalue weighted by Crippen LogP contribution is -2.19. The van der Waals surface area contributed by atoms with E-state index in [1.807, 2.05) is 12.4 Å². The minimum absolute atomic E-state index is 0.918. The van der Waals surface area contributed by atoms with Crippen molar-refractivity contribution >= 4 is 12.6 Å². The predicted molar refractivity (Wildman–Crippen MR) is 51.0 cm³/mol. The second-order valence-electron chi connectivity index (χ2n) is 2.68. The lowest BCUT2D eigenvalue weighted by molar-refractivity contribution is 0.349. The van der Waals surface area contributed by atoms with Gasteiger partial charge in [0, 0.05) is 31.2 Å². The van der Waals surface area contributed by atoms with Gasteiger partial charge in [0.2, 0.25) is 0 Å². The third kappa shape index (κ3) is 2.99.